The highest BCUT2D eigenvalue weighted by atomic mass is 79.9. The lowest BCUT2D eigenvalue weighted by Crippen LogP contribution is -2.03. The van der Waals surface area contributed by atoms with Crippen molar-refractivity contribution in [3.63, 3.8) is 0 Å². The molecule has 0 heterocycles. The first-order chi connectivity index (χ1) is 9.45. The minimum Gasteiger partial charge on any atom is -0.489 e. The number of aromatic carboxylic acids is 1. The van der Waals surface area contributed by atoms with E-state index in [1.54, 1.807) is 6.07 Å². The van der Waals surface area contributed by atoms with E-state index in [2.05, 4.69) is 15.9 Å². The molecule has 6 heteroatoms. The quantitative estimate of drug-likeness (QED) is 0.913. The normalized spacial score (nSPS) is 10.3. The summed E-state index contributed by atoms with van der Waals surface area (Å²) in [6.45, 7) is 0.0104. The molecule has 0 spiro atoms. The Morgan fingerprint density at radius 2 is 1.95 bits per heavy atom. The molecule has 0 bridgehead atoms. The molecular formula is C14H9BrF2O3. The van der Waals surface area contributed by atoms with E-state index in [4.69, 9.17) is 9.84 Å². The molecule has 0 fully saturated rings. The van der Waals surface area contributed by atoms with Gasteiger partial charge in [-0.05, 0) is 29.8 Å². The Balaban J connectivity index is 2.14. The van der Waals surface area contributed by atoms with Crippen LogP contribution in [0.5, 0.6) is 5.75 Å². The van der Waals surface area contributed by atoms with E-state index in [0.717, 1.165) is 6.07 Å². The van der Waals surface area contributed by atoms with Gasteiger partial charge in [0.25, 0.3) is 0 Å². The summed E-state index contributed by atoms with van der Waals surface area (Å²) >= 11 is 3.13. The van der Waals surface area contributed by atoms with E-state index in [1.807, 2.05) is 0 Å². The zero-order valence-electron chi connectivity index (χ0n) is 10.1. The van der Waals surface area contributed by atoms with Crippen molar-refractivity contribution >= 4 is 21.9 Å². The van der Waals surface area contributed by atoms with Crippen LogP contribution in [0, 0.1) is 11.6 Å². The Morgan fingerprint density at radius 3 is 2.60 bits per heavy atom. The average Bonchev–Trinajstić information content (AvgIpc) is 2.36. The van der Waals surface area contributed by atoms with Crippen LogP contribution in [0.25, 0.3) is 0 Å². The van der Waals surface area contributed by atoms with E-state index < -0.39 is 23.2 Å². The second-order valence-electron chi connectivity index (χ2n) is 4.01. The van der Waals surface area contributed by atoms with E-state index in [1.165, 1.54) is 24.3 Å². The molecule has 0 atom stereocenters. The first-order valence-electron chi connectivity index (χ1n) is 5.56. The summed E-state index contributed by atoms with van der Waals surface area (Å²) in [4.78, 5) is 10.8. The topological polar surface area (TPSA) is 46.5 Å². The number of ether oxygens (including phenoxy) is 1. The van der Waals surface area contributed by atoms with Crippen molar-refractivity contribution in [1.29, 1.82) is 0 Å². The zero-order valence-corrected chi connectivity index (χ0v) is 11.7. The molecule has 0 unspecified atom stereocenters. The standard InChI is InChI=1S/C14H9BrF2O3/c15-9-4-10(16)6-11(5-9)20-7-8-1-2-13(17)12(3-8)14(18)19/h1-6H,7H2,(H,18,19). The average molecular weight is 343 g/mol. The lowest BCUT2D eigenvalue weighted by Gasteiger charge is -2.08. The van der Waals surface area contributed by atoms with Crippen LogP contribution in [0.2, 0.25) is 0 Å². The molecule has 0 aliphatic heterocycles. The Bertz CT molecular complexity index is 639. The summed E-state index contributed by atoms with van der Waals surface area (Å²) in [6.07, 6.45) is 0. The second kappa shape index (κ2) is 6.00. The predicted octanol–water partition coefficient (Wildman–Crippen LogP) is 4.00. The van der Waals surface area contributed by atoms with Crippen molar-refractivity contribution in [3.05, 3.63) is 63.6 Å². The van der Waals surface area contributed by atoms with Gasteiger partial charge in [-0.15, -0.1) is 0 Å². The van der Waals surface area contributed by atoms with Gasteiger partial charge in [-0.1, -0.05) is 22.0 Å². The third-order valence-electron chi connectivity index (χ3n) is 2.50. The van der Waals surface area contributed by atoms with E-state index in [9.17, 15) is 13.6 Å². The molecule has 0 radical (unpaired) electrons. The van der Waals surface area contributed by atoms with Crippen molar-refractivity contribution in [1.82, 2.24) is 0 Å². The first-order valence-corrected chi connectivity index (χ1v) is 6.35. The second-order valence-corrected chi connectivity index (χ2v) is 4.93. The lowest BCUT2D eigenvalue weighted by molar-refractivity contribution is 0.0691. The van der Waals surface area contributed by atoms with Gasteiger partial charge in [0.15, 0.2) is 0 Å². The van der Waals surface area contributed by atoms with Crippen molar-refractivity contribution in [2.24, 2.45) is 0 Å². The Morgan fingerprint density at radius 1 is 1.20 bits per heavy atom. The maximum atomic E-state index is 13.2. The fourth-order valence-corrected chi connectivity index (χ4v) is 2.05. The minimum atomic E-state index is -1.35. The van der Waals surface area contributed by atoms with Gasteiger partial charge < -0.3 is 9.84 Å². The van der Waals surface area contributed by atoms with Gasteiger partial charge in [0.2, 0.25) is 0 Å². The molecule has 0 amide bonds. The van der Waals surface area contributed by atoms with Gasteiger partial charge in [-0.25, -0.2) is 13.6 Å². The van der Waals surface area contributed by atoms with Gasteiger partial charge in [0.1, 0.15) is 24.0 Å². The summed E-state index contributed by atoms with van der Waals surface area (Å²) < 4.78 is 32.2. The monoisotopic (exact) mass is 342 g/mol. The number of carboxylic acid groups (broad SMARTS) is 1. The third-order valence-corrected chi connectivity index (χ3v) is 2.96. The summed E-state index contributed by atoms with van der Waals surface area (Å²) in [5, 5.41) is 8.81. The smallest absolute Gasteiger partial charge is 0.338 e. The van der Waals surface area contributed by atoms with Crippen LogP contribution < -0.4 is 4.74 Å². The van der Waals surface area contributed by atoms with Crippen molar-refractivity contribution in [2.75, 3.05) is 0 Å². The van der Waals surface area contributed by atoms with Crippen LogP contribution in [0.3, 0.4) is 0 Å². The molecule has 104 valence electrons. The van der Waals surface area contributed by atoms with Crippen LogP contribution >= 0.6 is 15.9 Å². The number of hydrogen-bond donors (Lipinski definition) is 1. The maximum Gasteiger partial charge on any atom is 0.338 e. The number of carboxylic acids is 1. The number of halogens is 3. The fourth-order valence-electron chi connectivity index (χ4n) is 1.60. The van der Waals surface area contributed by atoms with Crippen LogP contribution in [-0.4, -0.2) is 11.1 Å². The summed E-state index contributed by atoms with van der Waals surface area (Å²) in [5.74, 6) is -2.33. The van der Waals surface area contributed by atoms with Gasteiger partial charge in [-0.2, -0.15) is 0 Å². The molecule has 2 aromatic rings. The summed E-state index contributed by atoms with van der Waals surface area (Å²) in [5.41, 5.74) is 0.0516. The SMILES string of the molecule is O=C(O)c1cc(COc2cc(F)cc(Br)c2)ccc1F. The van der Waals surface area contributed by atoms with Gasteiger partial charge in [-0.3, -0.25) is 0 Å². The zero-order chi connectivity index (χ0) is 14.7. The third kappa shape index (κ3) is 3.54. The first kappa shape index (κ1) is 14.5. The number of carbonyl (C=O) groups is 1. The van der Waals surface area contributed by atoms with Crippen LogP contribution in [-0.2, 0) is 6.61 Å². The molecule has 1 N–H and O–H groups in total. The highest BCUT2D eigenvalue weighted by molar-refractivity contribution is 9.10. The van der Waals surface area contributed by atoms with Crippen molar-refractivity contribution < 1.29 is 23.4 Å². The molecule has 2 rings (SSSR count). The molecule has 2 aromatic carbocycles. The highest BCUT2D eigenvalue weighted by Gasteiger charge is 2.11. The van der Waals surface area contributed by atoms with E-state index >= 15 is 0 Å². The molecule has 0 aliphatic carbocycles. The molecule has 20 heavy (non-hydrogen) atoms. The minimum absolute atomic E-state index is 0.0104. The number of rotatable bonds is 4. The van der Waals surface area contributed by atoms with E-state index in [0.29, 0.717) is 10.0 Å². The Kier molecular flexibility index (Phi) is 4.34. The summed E-state index contributed by atoms with van der Waals surface area (Å²) in [6, 6.07) is 7.72. The van der Waals surface area contributed by atoms with Crippen LogP contribution in [0.1, 0.15) is 15.9 Å². The van der Waals surface area contributed by atoms with Crippen LogP contribution in [0.4, 0.5) is 8.78 Å². The molecule has 0 saturated heterocycles. The Hall–Kier alpha value is -1.95. The van der Waals surface area contributed by atoms with Crippen LogP contribution in [0.15, 0.2) is 40.9 Å². The largest absolute Gasteiger partial charge is 0.489 e. The number of benzene rings is 2. The van der Waals surface area contributed by atoms with Crippen molar-refractivity contribution in [2.45, 2.75) is 6.61 Å². The van der Waals surface area contributed by atoms with Gasteiger partial charge >= 0.3 is 5.97 Å². The summed E-state index contributed by atoms with van der Waals surface area (Å²) in [7, 11) is 0. The fraction of sp³-hybridized carbons (Fsp3) is 0.0714. The maximum absolute atomic E-state index is 13.2. The van der Waals surface area contributed by atoms with Gasteiger partial charge in [0.05, 0.1) is 5.56 Å². The molecule has 3 nitrogen and oxygen atoms in total. The van der Waals surface area contributed by atoms with Crippen molar-refractivity contribution in [3.8, 4) is 5.75 Å². The molecule has 0 aromatic heterocycles. The molecule has 0 aliphatic rings. The molecular weight excluding hydrogens is 334 g/mol. The Labute approximate surface area is 121 Å². The highest BCUT2D eigenvalue weighted by Crippen LogP contribution is 2.22. The van der Waals surface area contributed by atoms with Gasteiger partial charge in [0, 0.05) is 10.5 Å². The van der Waals surface area contributed by atoms with E-state index in [-0.39, 0.29) is 12.4 Å². The lowest BCUT2D eigenvalue weighted by atomic mass is 10.1. The number of hydrogen-bond acceptors (Lipinski definition) is 2. The predicted molar refractivity (Wildman–Crippen MR) is 71.8 cm³/mol. The molecule has 0 saturated carbocycles.